The lowest BCUT2D eigenvalue weighted by molar-refractivity contribution is -0.118. The van der Waals surface area contributed by atoms with Crippen LogP contribution in [-0.4, -0.2) is 28.5 Å². The lowest BCUT2D eigenvalue weighted by Crippen LogP contribution is -2.51. The monoisotopic (exact) mass is 218 g/mol. The molecule has 0 aromatic carbocycles. The van der Waals surface area contributed by atoms with Crippen LogP contribution in [0.4, 0.5) is 11.5 Å². The van der Waals surface area contributed by atoms with Crippen molar-refractivity contribution in [2.45, 2.75) is 32.2 Å². The zero-order valence-electron chi connectivity index (χ0n) is 9.23. The van der Waals surface area contributed by atoms with Crippen LogP contribution in [0.3, 0.4) is 0 Å². The number of hydrogen-bond donors (Lipinski definition) is 1. The van der Waals surface area contributed by atoms with Gasteiger partial charge in [0.25, 0.3) is 0 Å². The Labute approximate surface area is 93.9 Å². The molecular formula is C11H14N4O. The van der Waals surface area contributed by atoms with Gasteiger partial charge in [0.05, 0.1) is 6.20 Å². The summed E-state index contributed by atoms with van der Waals surface area (Å²) in [7, 11) is 0. The minimum absolute atomic E-state index is 0.0319. The van der Waals surface area contributed by atoms with Gasteiger partial charge in [-0.05, 0) is 26.2 Å². The Balaban J connectivity index is 2.07. The number of nitrogens with zero attached hydrogens (tertiary/aromatic N) is 3. The topological polar surface area (TPSA) is 58.1 Å². The SMILES string of the molecule is Cc1ncc2c(n1)N1CCCC[C@@H]1C(=O)N2. The summed E-state index contributed by atoms with van der Waals surface area (Å²) in [6.45, 7) is 2.79. The predicted octanol–water partition coefficient (Wildman–Crippen LogP) is 1.10. The normalized spacial score (nSPS) is 23.4. The zero-order chi connectivity index (χ0) is 11.1. The molecule has 5 heteroatoms. The average molecular weight is 218 g/mol. The van der Waals surface area contributed by atoms with Gasteiger partial charge in [-0.25, -0.2) is 9.97 Å². The van der Waals surface area contributed by atoms with E-state index in [1.807, 2.05) is 6.92 Å². The van der Waals surface area contributed by atoms with Crippen LogP contribution in [0, 0.1) is 6.92 Å². The molecule has 16 heavy (non-hydrogen) atoms. The fourth-order valence-electron chi connectivity index (χ4n) is 2.44. The Morgan fingerprint density at radius 3 is 3.25 bits per heavy atom. The number of nitrogens with one attached hydrogen (secondary N) is 1. The molecule has 1 N–H and O–H groups in total. The van der Waals surface area contributed by atoms with E-state index in [0.717, 1.165) is 43.1 Å². The van der Waals surface area contributed by atoms with E-state index in [1.165, 1.54) is 0 Å². The molecule has 0 unspecified atom stereocenters. The van der Waals surface area contributed by atoms with E-state index >= 15 is 0 Å². The van der Waals surface area contributed by atoms with E-state index in [4.69, 9.17) is 0 Å². The number of aryl methyl sites for hydroxylation is 1. The van der Waals surface area contributed by atoms with Crippen molar-refractivity contribution < 1.29 is 4.79 Å². The molecule has 0 saturated carbocycles. The number of aromatic nitrogens is 2. The summed E-state index contributed by atoms with van der Waals surface area (Å²) >= 11 is 0. The third-order valence-corrected chi connectivity index (χ3v) is 3.22. The first-order valence-electron chi connectivity index (χ1n) is 5.67. The smallest absolute Gasteiger partial charge is 0.247 e. The highest BCUT2D eigenvalue weighted by molar-refractivity contribution is 6.02. The Kier molecular flexibility index (Phi) is 2.05. The summed E-state index contributed by atoms with van der Waals surface area (Å²) < 4.78 is 0. The van der Waals surface area contributed by atoms with E-state index in [9.17, 15) is 4.79 Å². The van der Waals surface area contributed by atoms with Gasteiger partial charge in [0, 0.05) is 6.54 Å². The standard InChI is InChI=1S/C11H14N4O/c1-7-12-6-8-10(13-7)15-5-3-2-4-9(15)11(16)14-8/h6,9H,2-5H2,1H3,(H,14,16)/t9-/m1/s1. The summed E-state index contributed by atoms with van der Waals surface area (Å²) in [6.07, 6.45) is 4.87. The molecule has 0 aliphatic carbocycles. The summed E-state index contributed by atoms with van der Waals surface area (Å²) in [5, 5.41) is 2.88. The Morgan fingerprint density at radius 2 is 2.38 bits per heavy atom. The van der Waals surface area contributed by atoms with Crippen LogP contribution in [0.1, 0.15) is 25.1 Å². The van der Waals surface area contributed by atoms with Crippen molar-refractivity contribution in [2.75, 3.05) is 16.8 Å². The van der Waals surface area contributed by atoms with Crippen LogP contribution >= 0.6 is 0 Å². The summed E-state index contributed by atoms with van der Waals surface area (Å²) in [6, 6.07) is -0.0319. The second-order valence-electron chi connectivity index (χ2n) is 4.35. The van der Waals surface area contributed by atoms with Gasteiger partial charge < -0.3 is 10.2 Å². The quantitative estimate of drug-likeness (QED) is 0.708. The Hall–Kier alpha value is -1.65. The minimum Gasteiger partial charge on any atom is -0.343 e. The maximum absolute atomic E-state index is 11.9. The van der Waals surface area contributed by atoms with Crippen LogP contribution in [0.25, 0.3) is 0 Å². The molecule has 1 atom stereocenters. The van der Waals surface area contributed by atoms with Crippen molar-refractivity contribution in [1.82, 2.24) is 9.97 Å². The molecule has 2 aliphatic heterocycles. The van der Waals surface area contributed by atoms with Crippen molar-refractivity contribution in [3.8, 4) is 0 Å². The van der Waals surface area contributed by atoms with Gasteiger partial charge >= 0.3 is 0 Å². The first-order valence-corrected chi connectivity index (χ1v) is 5.67. The second kappa shape index (κ2) is 3.43. The van der Waals surface area contributed by atoms with Gasteiger partial charge in [0.15, 0.2) is 5.82 Å². The number of carbonyl (C=O) groups is 1. The van der Waals surface area contributed by atoms with Gasteiger partial charge in [0.2, 0.25) is 5.91 Å². The highest BCUT2D eigenvalue weighted by atomic mass is 16.2. The van der Waals surface area contributed by atoms with Crippen LogP contribution in [0.15, 0.2) is 6.20 Å². The average Bonchev–Trinajstić information content (AvgIpc) is 2.31. The lowest BCUT2D eigenvalue weighted by Gasteiger charge is -2.39. The molecule has 0 bridgehead atoms. The van der Waals surface area contributed by atoms with E-state index in [0.29, 0.717) is 0 Å². The van der Waals surface area contributed by atoms with Crippen molar-refractivity contribution in [3.63, 3.8) is 0 Å². The van der Waals surface area contributed by atoms with Crippen LogP contribution in [0.2, 0.25) is 0 Å². The third kappa shape index (κ3) is 1.35. The number of fused-ring (bicyclic) bond motifs is 3. The fourth-order valence-corrected chi connectivity index (χ4v) is 2.44. The molecule has 3 rings (SSSR count). The number of rotatable bonds is 0. The van der Waals surface area contributed by atoms with Crippen LogP contribution < -0.4 is 10.2 Å². The van der Waals surface area contributed by atoms with Gasteiger partial charge in [-0.2, -0.15) is 0 Å². The Bertz CT molecular complexity index is 446. The lowest BCUT2D eigenvalue weighted by atomic mass is 9.99. The van der Waals surface area contributed by atoms with E-state index in [-0.39, 0.29) is 11.9 Å². The van der Waals surface area contributed by atoms with Gasteiger partial charge in [-0.3, -0.25) is 4.79 Å². The molecular weight excluding hydrogens is 204 g/mol. The number of carbonyl (C=O) groups excluding carboxylic acids is 1. The summed E-state index contributed by atoms with van der Waals surface area (Å²) in [5.41, 5.74) is 0.744. The summed E-state index contributed by atoms with van der Waals surface area (Å²) in [4.78, 5) is 22.5. The highest BCUT2D eigenvalue weighted by Gasteiger charge is 2.35. The fraction of sp³-hybridized carbons (Fsp3) is 0.545. The number of piperidine rings is 1. The molecule has 5 nitrogen and oxygen atoms in total. The molecule has 0 radical (unpaired) electrons. The summed E-state index contributed by atoms with van der Waals surface area (Å²) in [5.74, 6) is 1.72. The maximum Gasteiger partial charge on any atom is 0.247 e. The molecule has 0 spiro atoms. The molecule has 1 fully saturated rings. The van der Waals surface area contributed by atoms with Crippen molar-refractivity contribution in [2.24, 2.45) is 0 Å². The van der Waals surface area contributed by atoms with Gasteiger partial charge in [-0.15, -0.1) is 0 Å². The number of hydrogen-bond acceptors (Lipinski definition) is 4. The molecule has 84 valence electrons. The molecule has 1 aromatic rings. The minimum atomic E-state index is -0.0319. The van der Waals surface area contributed by atoms with Crippen molar-refractivity contribution in [3.05, 3.63) is 12.0 Å². The number of anilines is 2. The molecule has 2 aliphatic rings. The largest absolute Gasteiger partial charge is 0.343 e. The molecule has 3 heterocycles. The molecule has 1 saturated heterocycles. The van der Waals surface area contributed by atoms with Crippen LogP contribution in [0.5, 0.6) is 0 Å². The third-order valence-electron chi connectivity index (χ3n) is 3.22. The van der Waals surface area contributed by atoms with E-state index < -0.39 is 0 Å². The maximum atomic E-state index is 11.9. The van der Waals surface area contributed by atoms with E-state index in [2.05, 4.69) is 20.2 Å². The van der Waals surface area contributed by atoms with Crippen molar-refractivity contribution in [1.29, 1.82) is 0 Å². The molecule has 1 amide bonds. The van der Waals surface area contributed by atoms with Crippen molar-refractivity contribution >= 4 is 17.4 Å². The van der Waals surface area contributed by atoms with Gasteiger partial charge in [-0.1, -0.05) is 0 Å². The first kappa shape index (κ1) is 9.57. The number of amides is 1. The second-order valence-corrected chi connectivity index (χ2v) is 4.35. The Morgan fingerprint density at radius 1 is 1.50 bits per heavy atom. The van der Waals surface area contributed by atoms with Crippen LogP contribution in [-0.2, 0) is 4.79 Å². The predicted molar refractivity (Wildman–Crippen MR) is 60.4 cm³/mol. The highest BCUT2D eigenvalue weighted by Crippen LogP contribution is 2.33. The molecule has 1 aromatic heterocycles. The van der Waals surface area contributed by atoms with Gasteiger partial charge in [0.1, 0.15) is 17.6 Å². The van der Waals surface area contributed by atoms with E-state index in [1.54, 1.807) is 6.20 Å². The first-order chi connectivity index (χ1) is 7.75. The zero-order valence-corrected chi connectivity index (χ0v) is 9.23.